The lowest BCUT2D eigenvalue weighted by molar-refractivity contribution is 0.0121. The van der Waals surface area contributed by atoms with Gasteiger partial charge in [0.1, 0.15) is 5.60 Å². The van der Waals surface area contributed by atoms with E-state index in [-0.39, 0.29) is 5.60 Å². The molecule has 1 saturated carbocycles. The molecule has 0 unspecified atom stereocenters. The van der Waals surface area contributed by atoms with Crippen LogP contribution >= 0.6 is 11.6 Å². The van der Waals surface area contributed by atoms with Gasteiger partial charge in [0.25, 0.3) is 0 Å². The molecule has 0 aromatic carbocycles. The Morgan fingerprint density at radius 1 is 1.36 bits per heavy atom. The lowest BCUT2D eigenvalue weighted by atomic mass is 9.86. The number of carbonyl (C=O) groups excluding carboxylic acids is 1. The van der Waals surface area contributed by atoms with Gasteiger partial charge in [-0.05, 0) is 32.6 Å². The van der Waals surface area contributed by atoms with Crippen LogP contribution < -0.4 is 0 Å². The second-order valence-electron chi connectivity index (χ2n) is 3.35. The third-order valence-corrected chi connectivity index (χ3v) is 2.32. The Kier molecular flexibility index (Phi) is 2.77. The van der Waals surface area contributed by atoms with E-state index < -0.39 is 5.43 Å². The number of carbonyl (C=O) groups is 1. The van der Waals surface area contributed by atoms with Crippen LogP contribution in [-0.4, -0.2) is 11.0 Å². The molecule has 0 aromatic heterocycles. The minimum atomic E-state index is -0.672. The molecular weight excluding hydrogens is 164 g/mol. The zero-order valence-corrected chi connectivity index (χ0v) is 7.49. The van der Waals surface area contributed by atoms with Crippen LogP contribution in [0.1, 0.15) is 39.0 Å². The summed E-state index contributed by atoms with van der Waals surface area (Å²) in [6, 6.07) is 0. The highest BCUT2D eigenvalue weighted by molar-refractivity contribution is 6.61. The third kappa shape index (κ3) is 2.70. The van der Waals surface area contributed by atoms with E-state index in [9.17, 15) is 4.79 Å². The molecule has 2 nitrogen and oxygen atoms in total. The van der Waals surface area contributed by atoms with Crippen LogP contribution in [0, 0.1) is 0 Å². The highest BCUT2D eigenvalue weighted by atomic mass is 35.5. The maximum Gasteiger partial charge on any atom is 0.404 e. The maximum absolute atomic E-state index is 10.5. The topological polar surface area (TPSA) is 26.3 Å². The van der Waals surface area contributed by atoms with Crippen molar-refractivity contribution in [2.75, 3.05) is 0 Å². The smallest absolute Gasteiger partial charge is 0.404 e. The zero-order chi connectivity index (χ0) is 8.32. The van der Waals surface area contributed by atoms with E-state index in [0.717, 1.165) is 25.7 Å². The fourth-order valence-electron chi connectivity index (χ4n) is 1.60. The third-order valence-electron chi connectivity index (χ3n) is 2.24. The highest BCUT2D eigenvalue weighted by Crippen LogP contribution is 2.31. The lowest BCUT2D eigenvalue weighted by Gasteiger charge is -2.31. The first-order chi connectivity index (χ1) is 5.12. The predicted octanol–water partition coefficient (Wildman–Crippen LogP) is 3.08. The van der Waals surface area contributed by atoms with Crippen molar-refractivity contribution in [3.63, 3.8) is 0 Å². The van der Waals surface area contributed by atoms with Gasteiger partial charge in [0.2, 0.25) is 0 Å². The maximum atomic E-state index is 10.5. The van der Waals surface area contributed by atoms with E-state index in [2.05, 4.69) is 0 Å². The normalized spacial score (nSPS) is 22.7. The van der Waals surface area contributed by atoms with Crippen LogP contribution in [-0.2, 0) is 4.74 Å². The van der Waals surface area contributed by atoms with Crippen molar-refractivity contribution in [2.24, 2.45) is 0 Å². The van der Waals surface area contributed by atoms with Crippen molar-refractivity contribution >= 4 is 17.0 Å². The molecule has 0 radical (unpaired) electrons. The molecule has 0 aliphatic heterocycles. The average Bonchev–Trinajstić information content (AvgIpc) is 1.85. The van der Waals surface area contributed by atoms with E-state index in [1.165, 1.54) is 6.42 Å². The fraction of sp³-hybridized carbons (Fsp3) is 0.875. The van der Waals surface area contributed by atoms with Crippen molar-refractivity contribution in [3.05, 3.63) is 0 Å². The largest absolute Gasteiger partial charge is 0.447 e. The molecule has 1 aliphatic rings. The van der Waals surface area contributed by atoms with E-state index in [0.29, 0.717) is 0 Å². The van der Waals surface area contributed by atoms with Crippen molar-refractivity contribution in [1.82, 2.24) is 0 Å². The summed E-state index contributed by atoms with van der Waals surface area (Å²) < 4.78 is 5.01. The van der Waals surface area contributed by atoms with E-state index in [1.807, 2.05) is 6.92 Å². The highest BCUT2D eigenvalue weighted by Gasteiger charge is 2.29. The van der Waals surface area contributed by atoms with Gasteiger partial charge in [0.05, 0.1) is 0 Å². The fourth-order valence-corrected chi connectivity index (χ4v) is 1.78. The summed E-state index contributed by atoms with van der Waals surface area (Å²) in [7, 11) is 0. The van der Waals surface area contributed by atoms with Gasteiger partial charge < -0.3 is 4.74 Å². The Balaban J connectivity index is 2.43. The zero-order valence-electron chi connectivity index (χ0n) is 6.73. The molecule has 0 aromatic rings. The summed E-state index contributed by atoms with van der Waals surface area (Å²) >= 11 is 5.14. The summed E-state index contributed by atoms with van der Waals surface area (Å²) in [5.41, 5.74) is -0.953. The second-order valence-corrected chi connectivity index (χ2v) is 3.66. The molecule has 0 saturated heterocycles. The first-order valence-corrected chi connectivity index (χ1v) is 4.39. The summed E-state index contributed by atoms with van der Waals surface area (Å²) in [6.45, 7) is 1.95. The molecule has 1 rings (SSSR count). The Bertz CT molecular complexity index is 150. The van der Waals surface area contributed by atoms with Crippen LogP contribution in [0.3, 0.4) is 0 Å². The van der Waals surface area contributed by atoms with Crippen LogP contribution in [0.15, 0.2) is 0 Å². The number of halogens is 1. The van der Waals surface area contributed by atoms with Crippen LogP contribution in [0.2, 0.25) is 0 Å². The first-order valence-electron chi connectivity index (χ1n) is 4.01. The van der Waals surface area contributed by atoms with Crippen molar-refractivity contribution in [2.45, 2.75) is 44.6 Å². The quantitative estimate of drug-likeness (QED) is 0.574. The predicted molar refractivity (Wildman–Crippen MR) is 43.8 cm³/mol. The second kappa shape index (κ2) is 3.44. The molecule has 0 atom stereocenters. The summed E-state index contributed by atoms with van der Waals surface area (Å²) in [5, 5.41) is 0. The minimum Gasteiger partial charge on any atom is -0.447 e. The summed E-state index contributed by atoms with van der Waals surface area (Å²) in [6.07, 6.45) is 5.42. The van der Waals surface area contributed by atoms with Gasteiger partial charge >= 0.3 is 5.43 Å². The molecule has 64 valence electrons. The summed E-state index contributed by atoms with van der Waals surface area (Å²) in [5.74, 6) is 0. The molecular formula is C8H13ClO2. The standard InChI is InChI=1S/C8H13ClO2/c1-8(11-7(9)10)5-3-2-4-6-8/h2-6H2,1H3. The molecule has 0 N–H and O–H groups in total. The monoisotopic (exact) mass is 176 g/mol. The molecule has 11 heavy (non-hydrogen) atoms. The van der Waals surface area contributed by atoms with Crippen LogP contribution in [0.4, 0.5) is 4.79 Å². The van der Waals surface area contributed by atoms with Gasteiger partial charge in [0.15, 0.2) is 0 Å². The van der Waals surface area contributed by atoms with Gasteiger partial charge in [-0.25, -0.2) is 4.79 Å². The van der Waals surface area contributed by atoms with Crippen molar-refractivity contribution in [1.29, 1.82) is 0 Å². The Morgan fingerprint density at radius 3 is 2.36 bits per heavy atom. The number of rotatable bonds is 1. The lowest BCUT2D eigenvalue weighted by Crippen LogP contribution is -2.32. The van der Waals surface area contributed by atoms with Crippen LogP contribution in [0.25, 0.3) is 0 Å². The molecule has 3 heteroatoms. The van der Waals surface area contributed by atoms with E-state index in [1.54, 1.807) is 0 Å². The Hall–Kier alpha value is -0.240. The average molecular weight is 177 g/mol. The van der Waals surface area contributed by atoms with E-state index in [4.69, 9.17) is 16.3 Å². The molecule has 0 heterocycles. The van der Waals surface area contributed by atoms with Gasteiger partial charge in [0, 0.05) is 11.6 Å². The van der Waals surface area contributed by atoms with Crippen molar-refractivity contribution in [3.8, 4) is 0 Å². The molecule has 1 fully saturated rings. The van der Waals surface area contributed by atoms with Gasteiger partial charge in [-0.3, -0.25) is 0 Å². The van der Waals surface area contributed by atoms with E-state index >= 15 is 0 Å². The number of hydrogen-bond donors (Lipinski definition) is 0. The Morgan fingerprint density at radius 2 is 1.91 bits per heavy atom. The van der Waals surface area contributed by atoms with Crippen LogP contribution in [0.5, 0.6) is 0 Å². The minimum absolute atomic E-state index is 0.281. The Labute approximate surface area is 71.9 Å². The number of hydrogen-bond acceptors (Lipinski definition) is 2. The first kappa shape index (κ1) is 8.85. The SMILES string of the molecule is CC1(OC(=O)Cl)CCCCC1. The molecule has 0 amide bonds. The van der Waals surface area contributed by atoms with Crippen molar-refractivity contribution < 1.29 is 9.53 Å². The summed E-state index contributed by atoms with van der Waals surface area (Å²) in [4.78, 5) is 10.5. The molecule has 0 bridgehead atoms. The molecule has 0 spiro atoms. The van der Waals surface area contributed by atoms with Gasteiger partial charge in [-0.15, -0.1) is 0 Å². The molecule has 1 aliphatic carbocycles. The van der Waals surface area contributed by atoms with Gasteiger partial charge in [-0.2, -0.15) is 0 Å². The van der Waals surface area contributed by atoms with Gasteiger partial charge in [-0.1, -0.05) is 6.42 Å². The number of ether oxygens (including phenoxy) is 1.